The summed E-state index contributed by atoms with van der Waals surface area (Å²) in [6.45, 7) is 2.76. The number of likely N-dealkylation sites (tertiary alicyclic amines) is 1. The molecule has 1 aromatic heterocycles. The lowest BCUT2D eigenvalue weighted by Crippen LogP contribution is -2.20. The third kappa shape index (κ3) is 2.18. The first-order valence-electron chi connectivity index (χ1n) is 5.15. The quantitative estimate of drug-likeness (QED) is 0.796. The molecule has 0 saturated carbocycles. The summed E-state index contributed by atoms with van der Waals surface area (Å²) in [7, 11) is 1.75. The van der Waals surface area contributed by atoms with E-state index >= 15 is 0 Å². The van der Waals surface area contributed by atoms with Gasteiger partial charge in [-0.15, -0.1) is 0 Å². The van der Waals surface area contributed by atoms with E-state index in [1.807, 2.05) is 0 Å². The van der Waals surface area contributed by atoms with E-state index in [1.165, 1.54) is 12.8 Å². The average molecular weight is 209 g/mol. The van der Waals surface area contributed by atoms with Gasteiger partial charge in [-0.3, -0.25) is 9.58 Å². The lowest BCUT2D eigenvalue weighted by molar-refractivity contribution is 0.0694. The van der Waals surface area contributed by atoms with Crippen LogP contribution in [-0.2, 0) is 13.6 Å². The minimum atomic E-state index is -0.891. The van der Waals surface area contributed by atoms with Crippen molar-refractivity contribution in [1.82, 2.24) is 14.7 Å². The molecule has 0 atom stereocenters. The Hall–Kier alpha value is -1.36. The average Bonchev–Trinajstić information content (AvgIpc) is 2.75. The van der Waals surface area contributed by atoms with Crippen molar-refractivity contribution in [3.8, 4) is 0 Å². The maximum absolute atomic E-state index is 10.9. The minimum absolute atomic E-state index is 0.324. The van der Waals surface area contributed by atoms with E-state index in [0.717, 1.165) is 13.1 Å². The Kier molecular flexibility index (Phi) is 2.73. The second-order valence-corrected chi connectivity index (χ2v) is 3.95. The Bertz CT molecular complexity index is 367. The summed E-state index contributed by atoms with van der Waals surface area (Å²) in [5.41, 5.74) is 0.997. The van der Waals surface area contributed by atoms with Crippen LogP contribution in [0.3, 0.4) is 0 Å². The van der Waals surface area contributed by atoms with Gasteiger partial charge in [0, 0.05) is 19.8 Å². The van der Waals surface area contributed by atoms with E-state index < -0.39 is 5.97 Å². The van der Waals surface area contributed by atoms with E-state index in [4.69, 9.17) is 5.11 Å². The van der Waals surface area contributed by atoms with Crippen molar-refractivity contribution in [3.05, 3.63) is 17.5 Å². The molecule has 2 heterocycles. The van der Waals surface area contributed by atoms with Crippen LogP contribution in [0.2, 0.25) is 0 Å². The summed E-state index contributed by atoms with van der Waals surface area (Å²) < 4.78 is 1.56. The Labute approximate surface area is 88.3 Å². The fraction of sp³-hybridized carbons (Fsp3) is 0.600. The van der Waals surface area contributed by atoms with Crippen molar-refractivity contribution < 1.29 is 9.90 Å². The van der Waals surface area contributed by atoms with Crippen LogP contribution in [-0.4, -0.2) is 38.8 Å². The summed E-state index contributed by atoms with van der Waals surface area (Å²) in [6.07, 6.45) is 3.97. The predicted octanol–water partition coefficient (Wildman–Crippen LogP) is 0.714. The van der Waals surface area contributed by atoms with Crippen LogP contribution in [0.4, 0.5) is 0 Å². The molecule has 1 aromatic rings. The molecule has 0 aromatic carbocycles. The maximum Gasteiger partial charge on any atom is 0.339 e. The predicted molar refractivity (Wildman–Crippen MR) is 54.7 cm³/mol. The summed E-state index contributed by atoms with van der Waals surface area (Å²) in [6, 6.07) is 0. The zero-order chi connectivity index (χ0) is 10.8. The van der Waals surface area contributed by atoms with Gasteiger partial charge in [0.1, 0.15) is 5.56 Å². The molecule has 0 aliphatic carbocycles. The van der Waals surface area contributed by atoms with Gasteiger partial charge >= 0.3 is 5.97 Å². The molecule has 1 aliphatic heterocycles. The van der Waals surface area contributed by atoms with E-state index in [-0.39, 0.29) is 0 Å². The van der Waals surface area contributed by atoms with Gasteiger partial charge in [0.05, 0.1) is 5.69 Å². The molecule has 0 unspecified atom stereocenters. The molecule has 2 rings (SSSR count). The van der Waals surface area contributed by atoms with Gasteiger partial charge in [-0.2, -0.15) is 5.10 Å². The van der Waals surface area contributed by atoms with Crippen LogP contribution in [0.15, 0.2) is 6.20 Å². The lowest BCUT2D eigenvalue weighted by atomic mass is 10.2. The van der Waals surface area contributed by atoms with Gasteiger partial charge in [0.2, 0.25) is 0 Å². The summed E-state index contributed by atoms with van der Waals surface area (Å²) in [5.74, 6) is -0.891. The highest BCUT2D eigenvalue weighted by Crippen LogP contribution is 2.14. The fourth-order valence-corrected chi connectivity index (χ4v) is 1.98. The van der Waals surface area contributed by atoms with Crippen LogP contribution in [0.1, 0.15) is 28.9 Å². The molecule has 1 N–H and O–H groups in total. The number of hydrogen-bond acceptors (Lipinski definition) is 3. The second-order valence-electron chi connectivity index (χ2n) is 3.95. The second kappa shape index (κ2) is 4.02. The molecule has 0 amide bonds. The lowest BCUT2D eigenvalue weighted by Gasteiger charge is -2.12. The first kappa shape index (κ1) is 10.2. The van der Waals surface area contributed by atoms with Crippen molar-refractivity contribution in [2.24, 2.45) is 7.05 Å². The van der Waals surface area contributed by atoms with Crippen molar-refractivity contribution in [3.63, 3.8) is 0 Å². The number of aromatic nitrogens is 2. The first-order valence-corrected chi connectivity index (χ1v) is 5.15. The number of hydrogen-bond donors (Lipinski definition) is 1. The summed E-state index contributed by atoms with van der Waals surface area (Å²) in [4.78, 5) is 13.2. The number of nitrogens with zero attached hydrogens (tertiary/aromatic N) is 3. The number of carboxylic acids is 1. The third-order valence-corrected chi connectivity index (χ3v) is 2.71. The zero-order valence-corrected chi connectivity index (χ0v) is 8.81. The van der Waals surface area contributed by atoms with Crippen LogP contribution in [0.5, 0.6) is 0 Å². The van der Waals surface area contributed by atoms with Gasteiger partial charge < -0.3 is 5.11 Å². The molecule has 15 heavy (non-hydrogen) atoms. The number of aromatic carboxylic acids is 1. The van der Waals surface area contributed by atoms with Gasteiger partial charge in [-0.1, -0.05) is 0 Å². The van der Waals surface area contributed by atoms with Gasteiger partial charge in [-0.25, -0.2) is 4.79 Å². The highest BCUT2D eigenvalue weighted by molar-refractivity contribution is 5.88. The first-order chi connectivity index (χ1) is 7.16. The Morgan fingerprint density at radius 3 is 2.80 bits per heavy atom. The molecule has 1 fully saturated rings. The Morgan fingerprint density at radius 2 is 2.20 bits per heavy atom. The molecule has 0 bridgehead atoms. The van der Waals surface area contributed by atoms with Gasteiger partial charge in [0.15, 0.2) is 0 Å². The van der Waals surface area contributed by atoms with E-state index in [9.17, 15) is 4.79 Å². The van der Waals surface area contributed by atoms with E-state index in [1.54, 1.807) is 17.9 Å². The van der Waals surface area contributed by atoms with E-state index in [2.05, 4.69) is 10.00 Å². The zero-order valence-electron chi connectivity index (χ0n) is 8.81. The number of carbonyl (C=O) groups is 1. The molecule has 5 nitrogen and oxygen atoms in total. The maximum atomic E-state index is 10.9. The normalized spacial score (nSPS) is 17.1. The fourth-order valence-electron chi connectivity index (χ4n) is 1.98. The Balaban J connectivity index is 2.15. The molecule has 0 spiro atoms. The molecular weight excluding hydrogens is 194 g/mol. The molecule has 1 aliphatic rings. The summed E-state index contributed by atoms with van der Waals surface area (Å²) >= 11 is 0. The van der Waals surface area contributed by atoms with E-state index in [0.29, 0.717) is 17.8 Å². The highest BCUT2D eigenvalue weighted by Gasteiger charge is 2.19. The smallest absolute Gasteiger partial charge is 0.339 e. The summed E-state index contributed by atoms with van der Waals surface area (Å²) in [5, 5.41) is 13.2. The minimum Gasteiger partial charge on any atom is -0.478 e. The van der Waals surface area contributed by atoms with Crippen LogP contribution < -0.4 is 0 Å². The van der Waals surface area contributed by atoms with Crippen molar-refractivity contribution in [1.29, 1.82) is 0 Å². The van der Waals surface area contributed by atoms with Crippen molar-refractivity contribution >= 4 is 5.97 Å². The van der Waals surface area contributed by atoms with Crippen LogP contribution >= 0.6 is 0 Å². The number of carboxylic acid groups (broad SMARTS) is 1. The molecule has 5 heteroatoms. The molecule has 1 saturated heterocycles. The monoisotopic (exact) mass is 209 g/mol. The van der Waals surface area contributed by atoms with Crippen molar-refractivity contribution in [2.75, 3.05) is 13.1 Å². The third-order valence-electron chi connectivity index (χ3n) is 2.71. The molecule has 0 radical (unpaired) electrons. The Morgan fingerprint density at radius 1 is 1.53 bits per heavy atom. The van der Waals surface area contributed by atoms with Gasteiger partial charge in [0.25, 0.3) is 0 Å². The van der Waals surface area contributed by atoms with Crippen molar-refractivity contribution in [2.45, 2.75) is 19.4 Å². The standard InChI is InChI=1S/C10H15N3O2/c1-12-6-8(10(14)15)9(11-12)7-13-4-2-3-5-13/h6H,2-5,7H2,1H3,(H,14,15). The van der Waals surface area contributed by atoms with Gasteiger partial charge in [-0.05, 0) is 25.9 Å². The highest BCUT2D eigenvalue weighted by atomic mass is 16.4. The molecular formula is C10H15N3O2. The molecule has 82 valence electrons. The number of aryl methyl sites for hydroxylation is 1. The SMILES string of the molecule is Cn1cc(C(=O)O)c(CN2CCCC2)n1. The number of rotatable bonds is 3. The topological polar surface area (TPSA) is 58.4 Å². The van der Waals surface area contributed by atoms with Crippen LogP contribution in [0, 0.1) is 0 Å². The largest absolute Gasteiger partial charge is 0.478 e. The van der Waals surface area contributed by atoms with Crippen LogP contribution in [0.25, 0.3) is 0 Å².